The Hall–Kier alpha value is -2.22. The monoisotopic (exact) mass is 364 g/mol. The van der Waals surface area contributed by atoms with Gasteiger partial charge in [0, 0.05) is 19.1 Å². The van der Waals surface area contributed by atoms with E-state index in [0.29, 0.717) is 6.04 Å². The molecule has 2 unspecified atom stereocenters. The third-order valence-electron chi connectivity index (χ3n) is 5.64. The van der Waals surface area contributed by atoms with E-state index in [9.17, 15) is 4.79 Å². The first kappa shape index (κ1) is 20.1. The number of ether oxygens (including phenoxy) is 1. The minimum atomic E-state index is -0.447. The van der Waals surface area contributed by atoms with Crippen molar-refractivity contribution in [1.82, 2.24) is 14.9 Å². The summed E-state index contributed by atoms with van der Waals surface area (Å²) in [6.07, 6.45) is 8.25. The van der Waals surface area contributed by atoms with E-state index in [4.69, 9.17) is 9.90 Å². The van der Waals surface area contributed by atoms with Crippen LogP contribution in [0.5, 0.6) is 0 Å². The number of hydrogen-bond acceptors (Lipinski definition) is 7. The standard InChI is InChI=1S/C17H26N4O2.CH2O2/c1-20(2)13-5-11-7-14(8-12(11)6-13)21(3)16-10-18-15(9-19-16)17(22)23-4;2-1-3/h9-14H,5-8H2,1-4H3;1H,(H,2,3)/t11-,12+,13?,14?;. The van der Waals surface area contributed by atoms with E-state index >= 15 is 0 Å². The Balaban J connectivity index is 0.000000758. The van der Waals surface area contributed by atoms with E-state index in [1.54, 1.807) is 6.20 Å². The number of rotatable bonds is 4. The van der Waals surface area contributed by atoms with E-state index in [-0.39, 0.29) is 12.2 Å². The molecule has 2 aliphatic carbocycles. The lowest BCUT2D eigenvalue weighted by atomic mass is 10.0. The van der Waals surface area contributed by atoms with E-state index in [0.717, 1.165) is 23.7 Å². The second-order valence-electron chi connectivity index (χ2n) is 7.20. The van der Waals surface area contributed by atoms with Crippen LogP contribution in [0.25, 0.3) is 0 Å². The number of methoxy groups -OCH3 is 1. The van der Waals surface area contributed by atoms with Crippen LogP contribution < -0.4 is 4.90 Å². The van der Waals surface area contributed by atoms with Crippen LogP contribution in [0.4, 0.5) is 5.82 Å². The fraction of sp³-hybridized carbons (Fsp3) is 0.667. The maximum absolute atomic E-state index is 11.4. The van der Waals surface area contributed by atoms with Gasteiger partial charge in [0.15, 0.2) is 5.69 Å². The number of fused-ring (bicyclic) bond motifs is 1. The van der Waals surface area contributed by atoms with Crippen molar-refractivity contribution in [3.8, 4) is 0 Å². The summed E-state index contributed by atoms with van der Waals surface area (Å²) in [5.74, 6) is 2.04. The van der Waals surface area contributed by atoms with Gasteiger partial charge in [-0.25, -0.2) is 14.8 Å². The Morgan fingerprint density at radius 2 is 1.65 bits per heavy atom. The number of anilines is 1. The van der Waals surface area contributed by atoms with Crippen molar-refractivity contribution >= 4 is 18.3 Å². The molecule has 0 saturated heterocycles. The fourth-order valence-electron chi connectivity index (χ4n) is 4.19. The molecule has 26 heavy (non-hydrogen) atoms. The molecule has 2 saturated carbocycles. The summed E-state index contributed by atoms with van der Waals surface area (Å²) < 4.78 is 4.66. The van der Waals surface area contributed by atoms with Crippen LogP contribution in [0.3, 0.4) is 0 Å². The van der Waals surface area contributed by atoms with Crippen molar-refractivity contribution in [2.24, 2.45) is 11.8 Å². The molecule has 0 aromatic carbocycles. The summed E-state index contributed by atoms with van der Waals surface area (Å²) in [7, 11) is 7.81. The summed E-state index contributed by atoms with van der Waals surface area (Å²) in [6.45, 7) is -0.250. The van der Waals surface area contributed by atoms with Gasteiger partial charge in [0.2, 0.25) is 0 Å². The Kier molecular flexibility index (Phi) is 6.90. The van der Waals surface area contributed by atoms with E-state index in [1.807, 2.05) is 0 Å². The summed E-state index contributed by atoms with van der Waals surface area (Å²) in [6, 6.07) is 1.27. The van der Waals surface area contributed by atoms with Gasteiger partial charge in [0.25, 0.3) is 6.47 Å². The van der Waals surface area contributed by atoms with Crippen LogP contribution in [-0.2, 0) is 9.53 Å². The molecule has 0 amide bonds. The molecule has 0 spiro atoms. The summed E-state index contributed by atoms with van der Waals surface area (Å²) in [5.41, 5.74) is 0.252. The number of aromatic nitrogens is 2. The van der Waals surface area contributed by atoms with Crippen molar-refractivity contribution in [1.29, 1.82) is 0 Å². The molecule has 0 bridgehead atoms. The van der Waals surface area contributed by atoms with Crippen molar-refractivity contribution in [3.63, 3.8) is 0 Å². The smallest absolute Gasteiger partial charge is 0.358 e. The van der Waals surface area contributed by atoms with Gasteiger partial charge in [-0.15, -0.1) is 0 Å². The largest absolute Gasteiger partial charge is 0.483 e. The summed E-state index contributed by atoms with van der Waals surface area (Å²) in [4.78, 5) is 32.9. The van der Waals surface area contributed by atoms with Crippen LogP contribution in [0.1, 0.15) is 36.2 Å². The van der Waals surface area contributed by atoms with Gasteiger partial charge >= 0.3 is 5.97 Å². The van der Waals surface area contributed by atoms with Crippen molar-refractivity contribution in [2.45, 2.75) is 37.8 Å². The topological polar surface area (TPSA) is 95.9 Å². The van der Waals surface area contributed by atoms with Gasteiger partial charge in [-0.05, 0) is 51.6 Å². The molecule has 8 heteroatoms. The van der Waals surface area contributed by atoms with Gasteiger partial charge in [0.05, 0.1) is 19.5 Å². The number of carboxylic acid groups (broad SMARTS) is 1. The molecule has 2 fully saturated rings. The maximum Gasteiger partial charge on any atom is 0.358 e. The predicted molar refractivity (Wildman–Crippen MR) is 97.2 cm³/mol. The van der Waals surface area contributed by atoms with Gasteiger partial charge in [0.1, 0.15) is 5.82 Å². The molecule has 1 N–H and O–H groups in total. The first-order valence-electron chi connectivity index (χ1n) is 8.78. The van der Waals surface area contributed by atoms with Gasteiger partial charge < -0.3 is 19.6 Å². The molecule has 1 heterocycles. The normalized spacial score (nSPS) is 26.7. The molecule has 8 nitrogen and oxygen atoms in total. The lowest BCUT2D eigenvalue weighted by Gasteiger charge is -2.27. The Bertz CT molecular complexity index is 594. The second-order valence-corrected chi connectivity index (χ2v) is 7.20. The SMILES string of the molecule is COC(=O)c1cnc(N(C)C2C[C@H]3CC(N(C)C)C[C@H]3C2)cn1.O=CO. The number of esters is 1. The van der Waals surface area contributed by atoms with Crippen LogP contribution in [0.15, 0.2) is 12.4 Å². The number of hydrogen-bond donors (Lipinski definition) is 1. The van der Waals surface area contributed by atoms with Crippen LogP contribution in [0, 0.1) is 11.8 Å². The molecule has 1 aromatic rings. The minimum Gasteiger partial charge on any atom is -0.483 e. The molecule has 0 aliphatic heterocycles. The Morgan fingerprint density at radius 1 is 1.12 bits per heavy atom. The zero-order valence-electron chi connectivity index (χ0n) is 15.8. The molecule has 2 aliphatic rings. The van der Waals surface area contributed by atoms with E-state index in [1.165, 1.54) is 39.0 Å². The van der Waals surface area contributed by atoms with Gasteiger partial charge in [-0.3, -0.25) is 4.79 Å². The number of carbonyl (C=O) groups is 2. The molecule has 3 rings (SSSR count). The highest BCUT2D eigenvalue weighted by atomic mass is 16.5. The average molecular weight is 364 g/mol. The number of nitrogens with zero attached hydrogens (tertiary/aromatic N) is 4. The lowest BCUT2D eigenvalue weighted by Crippen LogP contribution is -2.32. The van der Waals surface area contributed by atoms with Crippen LogP contribution in [-0.4, -0.2) is 72.8 Å². The molecule has 1 aromatic heterocycles. The first-order chi connectivity index (χ1) is 12.4. The Labute approximate surface area is 154 Å². The minimum absolute atomic E-state index is 0.250. The molecular weight excluding hydrogens is 336 g/mol. The van der Waals surface area contributed by atoms with Crippen molar-refractivity contribution < 1.29 is 19.4 Å². The van der Waals surface area contributed by atoms with Crippen molar-refractivity contribution in [2.75, 3.05) is 33.2 Å². The highest BCUT2D eigenvalue weighted by molar-refractivity contribution is 5.86. The van der Waals surface area contributed by atoms with Gasteiger partial charge in [-0.1, -0.05) is 0 Å². The zero-order chi connectivity index (χ0) is 19.3. The van der Waals surface area contributed by atoms with E-state index in [2.05, 4.69) is 45.6 Å². The molecule has 4 atom stereocenters. The molecular formula is C18H28N4O4. The highest BCUT2D eigenvalue weighted by Gasteiger charge is 2.43. The Morgan fingerprint density at radius 3 is 2.08 bits per heavy atom. The first-order valence-corrected chi connectivity index (χ1v) is 8.78. The molecule has 0 radical (unpaired) electrons. The summed E-state index contributed by atoms with van der Waals surface area (Å²) >= 11 is 0. The third-order valence-corrected chi connectivity index (χ3v) is 5.64. The number of carbonyl (C=O) groups excluding carboxylic acids is 1. The maximum atomic E-state index is 11.4. The quantitative estimate of drug-likeness (QED) is 0.635. The predicted octanol–water partition coefficient (Wildman–Crippen LogP) is 1.52. The molecule has 144 valence electrons. The van der Waals surface area contributed by atoms with Crippen LogP contribution >= 0.6 is 0 Å². The lowest BCUT2D eigenvalue weighted by molar-refractivity contribution is -0.122. The van der Waals surface area contributed by atoms with Crippen molar-refractivity contribution in [3.05, 3.63) is 18.1 Å². The third kappa shape index (κ3) is 4.49. The zero-order valence-corrected chi connectivity index (χ0v) is 15.8. The average Bonchev–Trinajstić information content (AvgIpc) is 3.20. The van der Waals surface area contributed by atoms with Crippen LogP contribution in [0.2, 0.25) is 0 Å². The summed E-state index contributed by atoms with van der Waals surface area (Å²) in [5, 5.41) is 6.89. The van der Waals surface area contributed by atoms with Gasteiger partial charge in [-0.2, -0.15) is 0 Å². The fourth-order valence-corrected chi connectivity index (χ4v) is 4.19. The highest BCUT2D eigenvalue weighted by Crippen LogP contribution is 2.46. The second kappa shape index (κ2) is 8.93. The van der Waals surface area contributed by atoms with E-state index < -0.39 is 5.97 Å².